The van der Waals surface area contributed by atoms with Gasteiger partial charge in [0.2, 0.25) is 5.13 Å². The standard InChI is InChI=1S/C19H31ClN6O2S2/c1-12-7-16(23-10-14(13(2)22)9-19(3,4)5-6-21)15(20)8-17(12)30(27,28)26-18-24-11-25-29-18/h7-8,11,13-14,23H,5-6,9-10,21-22H2,1-4H3,(H,24,25,26)/t13-,14?/m1/s1. The summed E-state index contributed by atoms with van der Waals surface area (Å²) >= 11 is 7.37. The minimum absolute atomic E-state index is 0.00909. The van der Waals surface area contributed by atoms with E-state index in [2.05, 4.69) is 33.2 Å². The molecular formula is C19H31ClN6O2S2. The number of benzene rings is 1. The van der Waals surface area contributed by atoms with Gasteiger partial charge in [0, 0.05) is 24.1 Å². The zero-order chi connectivity index (χ0) is 22.5. The van der Waals surface area contributed by atoms with Crippen LogP contribution in [0.5, 0.6) is 0 Å². The molecule has 0 spiro atoms. The van der Waals surface area contributed by atoms with Gasteiger partial charge in [0.25, 0.3) is 10.0 Å². The van der Waals surface area contributed by atoms with Gasteiger partial charge < -0.3 is 16.8 Å². The Morgan fingerprint density at radius 1 is 1.33 bits per heavy atom. The highest BCUT2D eigenvalue weighted by atomic mass is 35.5. The summed E-state index contributed by atoms with van der Waals surface area (Å²) in [6, 6.07) is 3.17. The highest BCUT2D eigenvalue weighted by molar-refractivity contribution is 7.93. The molecule has 0 saturated heterocycles. The molecule has 0 aliphatic rings. The van der Waals surface area contributed by atoms with Crippen molar-refractivity contribution in [1.82, 2.24) is 9.36 Å². The SMILES string of the molecule is Cc1cc(NCC(CC(C)(C)CCN)[C@@H](C)N)c(Cl)cc1S(=O)(=O)Nc1ncns1. The van der Waals surface area contributed by atoms with E-state index in [4.69, 9.17) is 23.1 Å². The lowest BCUT2D eigenvalue weighted by Crippen LogP contribution is -2.36. The van der Waals surface area contributed by atoms with Gasteiger partial charge in [-0.25, -0.2) is 13.4 Å². The van der Waals surface area contributed by atoms with Crippen molar-refractivity contribution in [2.75, 3.05) is 23.1 Å². The van der Waals surface area contributed by atoms with Gasteiger partial charge in [-0.2, -0.15) is 4.37 Å². The predicted octanol–water partition coefficient (Wildman–Crippen LogP) is 3.44. The molecular weight excluding hydrogens is 444 g/mol. The highest BCUT2D eigenvalue weighted by Gasteiger charge is 2.26. The molecule has 0 saturated carbocycles. The Kier molecular flexibility index (Phi) is 8.46. The summed E-state index contributed by atoms with van der Waals surface area (Å²) < 4.78 is 31.6. The van der Waals surface area contributed by atoms with E-state index in [0.29, 0.717) is 29.4 Å². The molecule has 2 atom stereocenters. The van der Waals surface area contributed by atoms with E-state index in [1.165, 1.54) is 12.4 Å². The second-order valence-corrected chi connectivity index (χ2v) is 11.2. The number of nitrogens with zero attached hydrogens (tertiary/aromatic N) is 2. The van der Waals surface area contributed by atoms with Crippen LogP contribution in [-0.4, -0.2) is 36.9 Å². The molecule has 8 nitrogen and oxygen atoms in total. The van der Waals surface area contributed by atoms with E-state index < -0.39 is 10.0 Å². The average molecular weight is 475 g/mol. The molecule has 6 N–H and O–H groups in total. The Bertz CT molecular complexity index is 933. The van der Waals surface area contributed by atoms with Crippen LogP contribution in [0.4, 0.5) is 10.8 Å². The maximum absolute atomic E-state index is 12.7. The van der Waals surface area contributed by atoms with Crippen LogP contribution in [0.25, 0.3) is 0 Å². The second kappa shape index (κ2) is 10.2. The number of aryl methyl sites for hydroxylation is 1. The first-order valence-corrected chi connectivity index (χ1v) is 12.4. The lowest BCUT2D eigenvalue weighted by Gasteiger charge is -2.32. The molecule has 0 bridgehead atoms. The molecule has 1 aromatic heterocycles. The van der Waals surface area contributed by atoms with Crippen LogP contribution in [0, 0.1) is 18.3 Å². The number of halogens is 1. The maximum atomic E-state index is 12.7. The number of hydrogen-bond acceptors (Lipinski definition) is 8. The minimum Gasteiger partial charge on any atom is -0.383 e. The van der Waals surface area contributed by atoms with E-state index in [1.807, 2.05) is 6.92 Å². The second-order valence-electron chi connectivity index (χ2n) is 8.36. The number of anilines is 2. The summed E-state index contributed by atoms with van der Waals surface area (Å²) in [7, 11) is -3.81. The molecule has 168 valence electrons. The fourth-order valence-electron chi connectivity index (χ4n) is 3.36. The first kappa shape index (κ1) is 24.8. The van der Waals surface area contributed by atoms with Crippen molar-refractivity contribution in [3.05, 3.63) is 29.0 Å². The smallest absolute Gasteiger partial charge is 0.264 e. The molecule has 0 amide bonds. The van der Waals surface area contributed by atoms with Gasteiger partial charge in [0.1, 0.15) is 6.33 Å². The molecule has 2 aromatic rings. The quantitative estimate of drug-likeness (QED) is 0.391. The third kappa shape index (κ3) is 6.78. The maximum Gasteiger partial charge on any atom is 0.264 e. The first-order chi connectivity index (χ1) is 13.9. The lowest BCUT2D eigenvalue weighted by atomic mass is 9.78. The molecule has 0 aliphatic carbocycles. The molecule has 2 rings (SSSR count). The zero-order valence-corrected chi connectivity index (χ0v) is 20.2. The molecule has 0 aliphatic heterocycles. The third-order valence-electron chi connectivity index (χ3n) is 5.07. The number of nitrogens with one attached hydrogen (secondary N) is 2. The van der Waals surface area contributed by atoms with Crippen LogP contribution >= 0.6 is 23.1 Å². The normalized spacial score (nSPS) is 14.4. The van der Waals surface area contributed by atoms with E-state index in [9.17, 15) is 8.42 Å². The third-order valence-corrected chi connectivity index (χ3v) is 7.57. The van der Waals surface area contributed by atoms with Crippen molar-refractivity contribution in [3.63, 3.8) is 0 Å². The van der Waals surface area contributed by atoms with Crippen LogP contribution in [0.1, 0.15) is 39.2 Å². The molecule has 11 heteroatoms. The van der Waals surface area contributed by atoms with Gasteiger partial charge >= 0.3 is 0 Å². The Morgan fingerprint density at radius 3 is 2.60 bits per heavy atom. The topological polar surface area (TPSA) is 136 Å². The summed E-state index contributed by atoms with van der Waals surface area (Å²) in [6.07, 6.45) is 3.13. The molecule has 0 radical (unpaired) electrons. The van der Waals surface area contributed by atoms with Gasteiger partial charge in [-0.15, -0.1) is 0 Å². The number of sulfonamides is 1. The van der Waals surface area contributed by atoms with E-state index in [1.54, 1.807) is 13.0 Å². The zero-order valence-electron chi connectivity index (χ0n) is 17.8. The molecule has 1 heterocycles. The summed E-state index contributed by atoms with van der Waals surface area (Å²) in [5.74, 6) is 0.213. The first-order valence-electron chi connectivity index (χ1n) is 9.74. The van der Waals surface area contributed by atoms with Gasteiger partial charge in [0.15, 0.2) is 0 Å². The number of rotatable bonds is 11. The van der Waals surface area contributed by atoms with Crippen molar-refractivity contribution in [2.24, 2.45) is 22.8 Å². The fourth-order valence-corrected chi connectivity index (χ4v) is 5.57. The van der Waals surface area contributed by atoms with Crippen LogP contribution in [0.15, 0.2) is 23.4 Å². The Balaban J connectivity index is 2.16. The Hall–Kier alpha value is -1.46. The molecule has 30 heavy (non-hydrogen) atoms. The fraction of sp³-hybridized carbons (Fsp3) is 0.579. The van der Waals surface area contributed by atoms with Crippen LogP contribution < -0.4 is 21.5 Å². The number of aromatic nitrogens is 2. The number of hydrogen-bond donors (Lipinski definition) is 4. The Morgan fingerprint density at radius 2 is 2.03 bits per heavy atom. The lowest BCUT2D eigenvalue weighted by molar-refractivity contribution is 0.239. The van der Waals surface area contributed by atoms with E-state index in [-0.39, 0.29) is 27.4 Å². The van der Waals surface area contributed by atoms with Crippen LogP contribution in [-0.2, 0) is 10.0 Å². The van der Waals surface area contributed by atoms with Crippen molar-refractivity contribution >= 4 is 44.0 Å². The highest BCUT2D eigenvalue weighted by Crippen LogP contribution is 2.32. The minimum atomic E-state index is -3.81. The monoisotopic (exact) mass is 474 g/mol. The van der Waals surface area contributed by atoms with Gasteiger partial charge in [-0.05, 0) is 62.3 Å². The van der Waals surface area contributed by atoms with E-state index >= 15 is 0 Å². The van der Waals surface area contributed by atoms with Gasteiger partial charge in [0.05, 0.1) is 15.6 Å². The summed E-state index contributed by atoms with van der Waals surface area (Å²) in [6.45, 7) is 9.36. The van der Waals surface area contributed by atoms with Crippen molar-refractivity contribution in [1.29, 1.82) is 0 Å². The number of nitrogens with two attached hydrogens (primary N) is 2. The molecule has 1 aromatic carbocycles. The molecule has 1 unspecified atom stereocenters. The van der Waals surface area contributed by atoms with Crippen LogP contribution in [0.3, 0.4) is 0 Å². The van der Waals surface area contributed by atoms with Crippen LogP contribution in [0.2, 0.25) is 5.02 Å². The van der Waals surface area contributed by atoms with Crippen molar-refractivity contribution < 1.29 is 8.42 Å². The van der Waals surface area contributed by atoms with E-state index in [0.717, 1.165) is 24.4 Å². The summed E-state index contributed by atoms with van der Waals surface area (Å²) in [5, 5.41) is 3.87. The van der Waals surface area contributed by atoms with Crippen molar-refractivity contribution in [3.8, 4) is 0 Å². The average Bonchev–Trinajstić information content (AvgIpc) is 3.12. The van der Waals surface area contributed by atoms with Crippen molar-refractivity contribution in [2.45, 2.75) is 51.5 Å². The van der Waals surface area contributed by atoms with Gasteiger partial charge in [-0.3, -0.25) is 4.72 Å². The summed E-state index contributed by atoms with van der Waals surface area (Å²) in [4.78, 5) is 3.95. The summed E-state index contributed by atoms with van der Waals surface area (Å²) in [5.41, 5.74) is 13.3. The molecule has 0 fully saturated rings. The largest absolute Gasteiger partial charge is 0.383 e. The Labute approximate surface area is 188 Å². The van der Waals surface area contributed by atoms with Gasteiger partial charge in [-0.1, -0.05) is 25.4 Å². The predicted molar refractivity (Wildman–Crippen MR) is 125 cm³/mol.